The number of rotatable bonds is 5. The van der Waals surface area contributed by atoms with E-state index >= 15 is 0 Å². The van der Waals surface area contributed by atoms with Crippen LogP contribution in [0.15, 0.2) is 24.3 Å². The number of hydrogen-bond acceptors (Lipinski definition) is 2. The molecule has 1 aliphatic rings. The maximum absolute atomic E-state index is 12.0. The smallest absolute Gasteiger partial charge is 0.387 e. The molecule has 106 valence electrons. The van der Waals surface area contributed by atoms with E-state index < -0.39 is 6.61 Å². The van der Waals surface area contributed by atoms with Crippen LogP contribution in [0.1, 0.15) is 39.0 Å². The van der Waals surface area contributed by atoms with E-state index in [1.165, 1.54) is 32.1 Å². The quantitative estimate of drug-likeness (QED) is 0.838. The molecule has 0 radical (unpaired) electrons. The van der Waals surface area contributed by atoms with Gasteiger partial charge in [0.15, 0.2) is 0 Å². The van der Waals surface area contributed by atoms with Crippen molar-refractivity contribution < 1.29 is 13.5 Å². The Kier molecular flexibility index (Phi) is 5.00. The Hall–Kier alpha value is -1.32. The van der Waals surface area contributed by atoms with Crippen LogP contribution in [0.4, 0.5) is 14.5 Å². The second-order valence-corrected chi connectivity index (χ2v) is 5.19. The normalized spacial score (nSPS) is 23.4. The molecule has 4 heteroatoms. The largest absolute Gasteiger partial charge is 0.435 e. The van der Waals surface area contributed by atoms with Gasteiger partial charge in [-0.25, -0.2) is 0 Å². The third-order valence-electron chi connectivity index (χ3n) is 3.81. The molecule has 2 nitrogen and oxygen atoms in total. The van der Waals surface area contributed by atoms with Crippen molar-refractivity contribution in [2.24, 2.45) is 5.92 Å². The number of alkyl halides is 2. The number of hydrogen-bond donors (Lipinski definition) is 1. The van der Waals surface area contributed by atoms with E-state index in [4.69, 9.17) is 0 Å². The monoisotopic (exact) mass is 269 g/mol. The number of halogens is 2. The summed E-state index contributed by atoms with van der Waals surface area (Å²) >= 11 is 0. The topological polar surface area (TPSA) is 21.3 Å². The number of nitrogens with one attached hydrogen (secondary N) is 1. The van der Waals surface area contributed by atoms with Gasteiger partial charge in [0.25, 0.3) is 0 Å². The maximum Gasteiger partial charge on any atom is 0.387 e. The van der Waals surface area contributed by atoms with Crippen molar-refractivity contribution in [3.8, 4) is 5.75 Å². The lowest BCUT2D eigenvalue weighted by Crippen LogP contribution is -2.26. The number of benzene rings is 1. The van der Waals surface area contributed by atoms with Gasteiger partial charge in [-0.15, -0.1) is 0 Å². The van der Waals surface area contributed by atoms with Crippen LogP contribution in [-0.4, -0.2) is 12.7 Å². The predicted molar refractivity (Wildman–Crippen MR) is 72.7 cm³/mol. The Labute approximate surface area is 113 Å². The lowest BCUT2D eigenvalue weighted by Gasteiger charge is -2.29. The fourth-order valence-corrected chi connectivity index (χ4v) is 2.76. The van der Waals surface area contributed by atoms with Crippen molar-refractivity contribution in [1.82, 2.24) is 0 Å². The van der Waals surface area contributed by atoms with Crippen LogP contribution in [-0.2, 0) is 0 Å². The fraction of sp³-hybridized carbons (Fsp3) is 0.600. The van der Waals surface area contributed by atoms with Gasteiger partial charge in [0.05, 0.1) is 0 Å². The third-order valence-corrected chi connectivity index (χ3v) is 3.81. The average molecular weight is 269 g/mol. The molecule has 0 spiro atoms. The first kappa shape index (κ1) is 14.1. The second-order valence-electron chi connectivity index (χ2n) is 5.19. The first-order valence-electron chi connectivity index (χ1n) is 6.98. The first-order chi connectivity index (χ1) is 9.17. The molecule has 0 amide bonds. The third kappa shape index (κ3) is 4.37. The molecule has 1 aliphatic carbocycles. The molecule has 0 saturated heterocycles. The summed E-state index contributed by atoms with van der Waals surface area (Å²) in [5.74, 6) is 1.02. The van der Waals surface area contributed by atoms with E-state index in [0.717, 1.165) is 11.6 Å². The Morgan fingerprint density at radius 1 is 1.26 bits per heavy atom. The zero-order valence-electron chi connectivity index (χ0n) is 11.2. The number of anilines is 1. The molecular weight excluding hydrogens is 248 g/mol. The highest BCUT2D eigenvalue weighted by atomic mass is 19.3. The SMILES string of the molecule is CCC1CCCC(Nc2ccc(OC(F)F)cc2)C1. The summed E-state index contributed by atoms with van der Waals surface area (Å²) in [6.07, 6.45) is 6.22. The molecule has 2 rings (SSSR count). The Balaban J connectivity index is 1.88. The summed E-state index contributed by atoms with van der Waals surface area (Å²) < 4.78 is 28.4. The molecule has 0 aliphatic heterocycles. The van der Waals surface area contributed by atoms with Gasteiger partial charge in [0.1, 0.15) is 5.75 Å². The van der Waals surface area contributed by atoms with Crippen molar-refractivity contribution in [2.45, 2.75) is 51.7 Å². The summed E-state index contributed by atoms with van der Waals surface area (Å²) in [5.41, 5.74) is 0.975. The van der Waals surface area contributed by atoms with Gasteiger partial charge in [0.2, 0.25) is 0 Å². The summed E-state index contributed by atoms with van der Waals surface area (Å²) in [7, 11) is 0. The molecule has 0 bridgehead atoms. The molecule has 1 fully saturated rings. The highest BCUT2D eigenvalue weighted by Crippen LogP contribution is 2.29. The minimum absolute atomic E-state index is 0.204. The average Bonchev–Trinajstić information content (AvgIpc) is 2.41. The molecule has 1 aromatic rings. The van der Waals surface area contributed by atoms with Crippen molar-refractivity contribution in [1.29, 1.82) is 0 Å². The van der Waals surface area contributed by atoms with Crippen molar-refractivity contribution >= 4 is 5.69 Å². The van der Waals surface area contributed by atoms with Gasteiger partial charge in [0, 0.05) is 11.7 Å². The maximum atomic E-state index is 12.0. The predicted octanol–water partition coefficient (Wildman–Crippen LogP) is 4.67. The van der Waals surface area contributed by atoms with E-state index in [-0.39, 0.29) is 5.75 Å². The Morgan fingerprint density at radius 3 is 2.63 bits per heavy atom. The van der Waals surface area contributed by atoms with Crippen LogP contribution in [0.3, 0.4) is 0 Å². The Bertz CT molecular complexity index is 380. The van der Waals surface area contributed by atoms with Gasteiger partial charge >= 0.3 is 6.61 Å². The van der Waals surface area contributed by atoms with Crippen molar-refractivity contribution in [2.75, 3.05) is 5.32 Å². The van der Waals surface area contributed by atoms with E-state index in [0.29, 0.717) is 6.04 Å². The molecule has 1 N–H and O–H groups in total. The molecule has 1 saturated carbocycles. The van der Waals surface area contributed by atoms with Gasteiger partial charge < -0.3 is 10.1 Å². The Morgan fingerprint density at radius 2 is 2.00 bits per heavy atom. The van der Waals surface area contributed by atoms with Crippen molar-refractivity contribution in [3.05, 3.63) is 24.3 Å². The van der Waals surface area contributed by atoms with Crippen LogP contribution >= 0.6 is 0 Å². The van der Waals surface area contributed by atoms with Crippen LogP contribution in [0, 0.1) is 5.92 Å². The van der Waals surface area contributed by atoms with Crippen LogP contribution < -0.4 is 10.1 Å². The van der Waals surface area contributed by atoms with E-state index in [1.54, 1.807) is 24.3 Å². The van der Waals surface area contributed by atoms with E-state index in [9.17, 15) is 8.78 Å². The molecule has 2 atom stereocenters. The fourth-order valence-electron chi connectivity index (χ4n) is 2.76. The zero-order chi connectivity index (χ0) is 13.7. The molecule has 2 unspecified atom stereocenters. The first-order valence-corrected chi connectivity index (χ1v) is 6.98. The minimum atomic E-state index is -2.76. The molecule has 0 heterocycles. The van der Waals surface area contributed by atoms with Gasteiger partial charge in [-0.1, -0.05) is 26.2 Å². The number of ether oxygens (including phenoxy) is 1. The highest BCUT2D eigenvalue weighted by molar-refractivity contribution is 5.47. The van der Waals surface area contributed by atoms with Crippen LogP contribution in [0.2, 0.25) is 0 Å². The van der Waals surface area contributed by atoms with Crippen molar-refractivity contribution in [3.63, 3.8) is 0 Å². The van der Waals surface area contributed by atoms with Crippen LogP contribution in [0.5, 0.6) is 5.75 Å². The molecule has 19 heavy (non-hydrogen) atoms. The van der Waals surface area contributed by atoms with E-state index in [2.05, 4.69) is 17.0 Å². The lowest BCUT2D eigenvalue weighted by molar-refractivity contribution is -0.0498. The van der Waals surface area contributed by atoms with E-state index in [1.807, 2.05) is 0 Å². The molecule has 0 aromatic heterocycles. The second kappa shape index (κ2) is 6.73. The minimum Gasteiger partial charge on any atom is -0.435 e. The summed E-state index contributed by atoms with van der Waals surface area (Å²) in [5, 5.41) is 3.48. The summed E-state index contributed by atoms with van der Waals surface area (Å²) in [4.78, 5) is 0. The van der Waals surface area contributed by atoms with Gasteiger partial charge in [-0.05, 0) is 43.0 Å². The van der Waals surface area contributed by atoms with Gasteiger partial charge in [-0.3, -0.25) is 0 Å². The highest BCUT2D eigenvalue weighted by Gasteiger charge is 2.20. The lowest BCUT2D eigenvalue weighted by atomic mass is 9.84. The molecule has 1 aromatic carbocycles. The summed E-state index contributed by atoms with van der Waals surface area (Å²) in [6, 6.07) is 7.25. The zero-order valence-corrected chi connectivity index (χ0v) is 11.2. The van der Waals surface area contributed by atoms with Crippen LogP contribution in [0.25, 0.3) is 0 Å². The van der Waals surface area contributed by atoms with Gasteiger partial charge in [-0.2, -0.15) is 8.78 Å². The molecular formula is C15H21F2NO. The summed E-state index contributed by atoms with van der Waals surface area (Å²) in [6.45, 7) is -0.522. The standard InChI is InChI=1S/C15H21F2NO/c1-2-11-4-3-5-13(10-11)18-12-6-8-14(9-7-12)19-15(16)17/h6-9,11,13,15,18H,2-5,10H2,1H3.